The summed E-state index contributed by atoms with van der Waals surface area (Å²) >= 11 is 0. The maximum absolute atomic E-state index is 4.50. The first-order valence-corrected chi connectivity index (χ1v) is 5.48. The lowest BCUT2D eigenvalue weighted by Crippen LogP contribution is -1.90. The van der Waals surface area contributed by atoms with Crippen molar-refractivity contribution < 1.29 is 0 Å². The molecule has 17 heavy (non-hydrogen) atoms. The molecule has 0 saturated heterocycles. The lowest BCUT2D eigenvalue weighted by Gasteiger charge is -2.02. The van der Waals surface area contributed by atoms with Crippen LogP contribution in [0, 0.1) is 6.92 Å². The van der Waals surface area contributed by atoms with Crippen LogP contribution in [-0.2, 0) is 0 Å². The van der Waals surface area contributed by atoms with Crippen LogP contribution in [0.5, 0.6) is 0 Å². The van der Waals surface area contributed by atoms with Crippen molar-refractivity contribution in [3.8, 4) is 11.4 Å². The summed E-state index contributed by atoms with van der Waals surface area (Å²) in [5.74, 6) is 0. The molecule has 0 aliphatic rings. The van der Waals surface area contributed by atoms with Gasteiger partial charge in [0.15, 0.2) is 5.65 Å². The Morgan fingerprint density at radius 3 is 2.59 bits per heavy atom. The van der Waals surface area contributed by atoms with Crippen LogP contribution in [0.1, 0.15) is 5.56 Å². The summed E-state index contributed by atoms with van der Waals surface area (Å²) in [6, 6.07) is 11.9. The third-order valence-corrected chi connectivity index (χ3v) is 2.64. The molecule has 0 radical (unpaired) electrons. The van der Waals surface area contributed by atoms with Gasteiger partial charge in [-0.3, -0.25) is 4.98 Å². The SMILES string of the molecule is Cc1ccc(-c2ccc3cccnc3n2)nc1. The molecule has 3 nitrogen and oxygen atoms in total. The van der Waals surface area contributed by atoms with Gasteiger partial charge >= 0.3 is 0 Å². The van der Waals surface area contributed by atoms with Crippen LogP contribution >= 0.6 is 0 Å². The van der Waals surface area contributed by atoms with Gasteiger partial charge < -0.3 is 0 Å². The first-order valence-electron chi connectivity index (χ1n) is 5.48. The third-order valence-electron chi connectivity index (χ3n) is 2.64. The zero-order chi connectivity index (χ0) is 11.7. The van der Waals surface area contributed by atoms with Crippen molar-refractivity contribution in [2.45, 2.75) is 6.92 Å². The number of pyridine rings is 3. The summed E-state index contributed by atoms with van der Waals surface area (Å²) in [7, 11) is 0. The van der Waals surface area contributed by atoms with Gasteiger partial charge in [-0.2, -0.15) is 0 Å². The molecule has 0 amide bonds. The van der Waals surface area contributed by atoms with E-state index in [-0.39, 0.29) is 0 Å². The number of aromatic nitrogens is 3. The first-order chi connectivity index (χ1) is 8.33. The van der Waals surface area contributed by atoms with E-state index < -0.39 is 0 Å². The minimum absolute atomic E-state index is 0.757. The van der Waals surface area contributed by atoms with E-state index in [0.29, 0.717) is 0 Å². The molecule has 0 saturated carbocycles. The summed E-state index contributed by atoms with van der Waals surface area (Å²) in [4.78, 5) is 13.1. The molecule has 3 aromatic heterocycles. The van der Waals surface area contributed by atoms with E-state index in [0.717, 1.165) is 28.0 Å². The van der Waals surface area contributed by atoms with Crippen LogP contribution in [0.4, 0.5) is 0 Å². The number of nitrogens with zero attached hydrogens (tertiary/aromatic N) is 3. The van der Waals surface area contributed by atoms with Crippen molar-refractivity contribution >= 4 is 11.0 Å². The van der Waals surface area contributed by atoms with Crippen LogP contribution in [0.3, 0.4) is 0 Å². The Hall–Kier alpha value is -2.29. The number of hydrogen-bond acceptors (Lipinski definition) is 3. The van der Waals surface area contributed by atoms with Crippen LogP contribution < -0.4 is 0 Å². The average molecular weight is 221 g/mol. The minimum atomic E-state index is 0.757. The van der Waals surface area contributed by atoms with E-state index in [4.69, 9.17) is 0 Å². The Bertz CT molecular complexity index is 660. The van der Waals surface area contributed by atoms with E-state index in [1.54, 1.807) is 6.20 Å². The van der Waals surface area contributed by atoms with Crippen molar-refractivity contribution in [2.24, 2.45) is 0 Å². The molecular formula is C14H11N3. The monoisotopic (exact) mass is 221 g/mol. The Labute approximate surface area is 99.2 Å². The van der Waals surface area contributed by atoms with E-state index in [2.05, 4.69) is 15.0 Å². The highest BCUT2D eigenvalue weighted by Gasteiger charge is 2.02. The normalized spacial score (nSPS) is 10.6. The molecule has 82 valence electrons. The van der Waals surface area contributed by atoms with Crippen molar-refractivity contribution in [2.75, 3.05) is 0 Å². The fraction of sp³-hybridized carbons (Fsp3) is 0.0714. The molecule has 0 atom stereocenters. The molecule has 0 N–H and O–H groups in total. The molecule has 0 fully saturated rings. The van der Waals surface area contributed by atoms with Crippen LogP contribution in [0.25, 0.3) is 22.4 Å². The summed E-state index contributed by atoms with van der Waals surface area (Å²) in [6.07, 6.45) is 3.60. The van der Waals surface area contributed by atoms with E-state index in [1.165, 1.54) is 0 Å². The first kappa shape index (κ1) is 9.90. The van der Waals surface area contributed by atoms with E-state index in [1.807, 2.05) is 49.5 Å². The lowest BCUT2D eigenvalue weighted by atomic mass is 10.2. The molecule has 0 unspecified atom stereocenters. The van der Waals surface area contributed by atoms with Crippen molar-refractivity contribution in [1.29, 1.82) is 0 Å². The van der Waals surface area contributed by atoms with Gasteiger partial charge in [0.05, 0.1) is 11.4 Å². The van der Waals surface area contributed by atoms with Crippen molar-refractivity contribution in [3.63, 3.8) is 0 Å². The van der Waals surface area contributed by atoms with Crippen LogP contribution in [0.2, 0.25) is 0 Å². The Balaban J connectivity index is 2.14. The van der Waals surface area contributed by atoms with Gasteiger partial charge in [-0.15, -0.1) is 0 Å². The molecule has 0 bridgehead atoms. The molecule has 3 aromatic rings. The standard InChI is InChI=1S/C14H11N3/c1-10-4-6-12(16-9-10)13-7-5-11-3-2-8-15-14(11)17-13/h2-9H,1H3. The summed E-state index contributed by atoms with van der Waals surface area (Å²) in [6.45, 7) is 2.02. The summed E-state index contributed by atoms with van der Waals surface area (Å²) in [5.41, 5.74) is 3.64. The zero-order valence-electron chi connectivity index (χ0n) is 9.46. The highest BCUT2D eigenvalue weighted by Crippen LogP contribution is 2.17. The Kier molecular flexibility index (Phi) is 2.29. The van der Waals surface area contributed by atoms with Gasteiger partial charge in [-0.25, -0.2) is 9.97 Å². The maximum Gasteiger partial charge on any atom is 0.159 e. The maximum atomic E-state index is 4.50. The molecule has 0 aliphatic carbocycles. The Morgan fingerprint density at radius 2 is 1.76 bits per heavy atom. The van der Waals surface area contributed by atoms with Gasteiger partial charge in [0.2, 0.25) is 0 Å². The van der Waals surface area contributed by atoms with Gasteiger partial charge in [0, 0.05) is 17.8 Å². The average Bonchev–Trinajstić information content (AvgIpc) is 2.39. The van der Waals surface area contributed by atoms with Gasteiger partial charge in [-0.05, 0) is 42.8 Å². The third kappa shape index (κ3) is 1.87. The number of aryl methyl sites for hydroxylation is 1. The van der Waals surface area contributed by atoms with E-state index >= 15 is 0 Å². The quantitative estimate of drug-likeness (QED) is 0.634. The molecular weight excluding hydrogens is 210 g/mol. The fourth-order valence-electron chi connectivity index (χ4n) is 1.71. The Morgan fingerprint density at radius 1 is 0.882 bits per heavy atom. The smallest absolute Gasteiger partial charge is 0.159 e. The predicted molar refractivity (Wildman–Crippen MR) is 67.5 cm³/mol. The van der Waals surface area contributed by atoms with Gasteiger partial charge in [-0.1, -0.05) is 6.07 Å². The van der Waals surface area contributed by atoms with Gasteiger partial charge in [0.1, 0.15) is 0 Å². The van der Waals surface area contributed by atoms with E-state index in [9.17, 15) is 0 Å². The number of fused-ring (bicyclic) bond motifs is 1. The largest absolute Gasteiger partial charge is 0.254 e. The predicted octanol–water partition coefficient (Wildman–Crippen LogP) is 3.00. The van der Waals surface area contributed by atoms with Crippen molar-refractivity contribution in [3.05, 3.63) is 54.4 Å². The number of hydrogen-bond donors (Lipinski definition) is 0. The highest BCUT2D eigenvalue weighted by atomic mass is 14.9. The minimum Gasteiger partial charge on any atom is -0.254 e. The molecule has 0 aliphatic heterocycles. The summed E-state index contributed by atoms with van der Waals surface area (Å²) in [5, 5.41) is 1.04. The van der Waals surface area contributed by atoms with Crippen molar-refractivity contribution in [1.82, 2.24) is 15.0 Å². The van der Waals surface area contributed by atoms with Crippen LogP contribution in [-0.4, -0.2) is 15.0 Å². The molecule has 3 heterocycles. The molecule has 0 aromatic carbocycles. The number of rotatable bonds is 1. The van der Waals surface area contributed by atoms with Crippen LogP contribution in [0.15, 0.2) is 48.8 Å². The molecule has 3 rings (SSSR count). The highest BCUT2D eigenvalue weighted by molar-refractivity contribution is 5.77. The fourth-order valence-corrected chi connectivity index (χ4v) is 1.71. The summed E-state index contributed by atoms with van der Waals surface area (Å²) < 4.78 is 0. The molecule has 3 heteroatoms. The zero-order valence-corrected chi connectivity index (χ0v) is 9.46. The second kappa shape index (κ2) is 3.94. The topological polar surface area (TPSA) is 38.7 Å². The van der Waals surface area contributed by atoms with Gasteiger partial charge in [0.25, 0.3) is 0 Å². The molecule has 0 spiro atoms. The second-order valence-electron chi connectivity index (χ2n) is 3.97. The second-order valence-corrected chi connectivity index (χ2v) is 3.97. The lowest BCUT2D eigenvalue weighted by molar-refractivity contribution is 1.22.